The molecule has 0 bridgehead atoms. The van der Waals surface area contributed by atoms with Crippen molar-refractivity contribution in [2.45, 2.75) is 6.92 Å². The van der Waals surface area contributed by atoms with Crippen LogP contribution in [0.15, 0.2) is 102 Å². The summed E-state index contributed by atoms with van der Waals surface area (Å²) in [5.74, 6) is 2.29. The average Bonchev–Trinajstić information content (AvgIpc) is 3.37. The van der Waals surface area contributed by atoms with Gasteiger partial charge in [-0.15, -0.1) is 0 Å². The fourth-order valence-corrected chi connectivity index (χ4v) is 4.09. The molecule has 0 spiro atoms. The molecule has 0 atom stereocenters. The van der Waals surface area contributed by atoms with Crippen LogP contribution >= 0.6 is 0 Å². The fourth-order valence-electron chi connectivity index (χ4n) is 4.09. The zero-order chi connectivity index (χ0) is 23.3. The maximum atomic E-state index is 6.01. The Morgan fingerprint density at radius 1 is 0.824 bits per heavy atom. The van der Waals surface area contributed by atoms with Crippen molar-refractivity contribution >= 4 is 23.0 Å². The van der Waals surface area contributed by atoms with Crippen molar-refractivity contribution < 1.29 is 14.2 Å². The Morgan fingerprint density at radius 3 is 2.24 bits per heavy atom. The lowest BCUT2D eigenvalue weighted by Crippen LogP contribution is -2.03. The maximum Gasteiger partial charge on any atom is 0.231 e. The van der Waals surface area contributed by atoms with Gasteiger partial charge in [0.15, 0.2) is 11.5 Å². The Bertz CT molecular complexity index is 1340. The molecule has 4 aromatic rings. The summed E-state index contributed by atoms with van der Waals surface area (Å²) in [4.78, 5) is 4.91. The van der Waals surface area contributed by atoms with E-state index in [0.29, 0.717) is 0 Å². The van der Waals surface area contributed by atoms with Gasteiger partial charge in [-0.25, -0.2) is 0 Å². The van der Waals surface area contributed by atoms with E-state index in [-0.39, 0.29) is 6.79 Å². The highest BCUT2D eigenvalue weighted by Gasteiger charge is 2.25. The van der Waals surface area contributed by atoms with Gasteiger partial charge in [-0.1, -0.05) is 60.7 Å². The van der Waals surface area contributed by atoms with Gasteiger partial charge in [0.2, 0.25) is 6.79 Å². The Kier molecular flexibility index (Phi) is 6.13. The molecule has 0 amide bonds. The van der Waals surface area contributed by atoms with E-state index in [1.807, 2.05) is 73.7 Å². The molecule has 34 heavy (non-hydrogen) atoms. The Hall–Kier alpha value is -4.31. The summed E-state index contributed by atoms with van der Waals surface area (Å²) in [6, 6.07) is 32.4. The fraction of sp³-hybridized carbons (Fsp3) is 0.100. The van der Waals surface area contributed by atoms with Crippen LogP contribution in [0.5, 0.6) is 17.2 Å². The van der Waals surface area contributed by atoms with Crippen molar-refractivity contribution in [3.8, 4) is 17.2 Å². The molecule has 0 radical (unpaired) electrons. The van der Waals surface area contributed by atoms with Crippen LogP contribution in [0.4, 0.5) is 5.69 Å². The van der Waals surface area contributed by atoms with Gasteiger partial charge in [0.1, 0.15) is 5.75 Å². The minimum Gasteiger partial charge on any atom is -0.497 e. The number of aliphatic imine (C=N–C) groups is 1. The lowest BCUT2D eigenvalue weighted by Gasteiger charge is -2.17. The highest BCUT2D eigenvalue weighted by molar-refractivity contribution is 6.09. The van der Waals surface area contributed by atoms with Crippen LogP contribution in [-0.2, 0) is 0 Å². The van der Waals surface area contributed by atoms with Gasteiger partial charge in [0.05, 0.1) is 12.8 Å². The molecule has 0 aromatic heterocycles. The number of nitrogens with zero attached hydrogens (tertiary/aromatic N) is 1. The average molecular weight is 448 g/mol. The second-order valence-electron chi connectivity index (χ2n) is 7.95. The van der Waals surface area contributed by atoms with Crippen LogP contribution in [0.2, 0.25) is 0 Å². The van der Waals surface area contributed by atoms with E-state index in [4.69, 9.17) is 19.2 Å². The molecule has 1 aliphatic rings. The second-order valence-corrected chi connectivity index (χ2v) is 7.95. The van der Waals surface area contributed by atoms with E-state index in [9.17, 15) is 0 Å². The first-order valence-corrected chi connectivity index (χ1v) is 11.2. The van der Waals surface area contributed by atoms with Gasteiger partial charge in [-0.05, 0) is 66.1 Å². The lowest BCUT2D eigenvalue weighted by molar-refractivity contribution is 0.173. The first-order chi connectivity index (χ1) is 16.7. The van der Waals surface area contributed by atoms with E-state index in [1.54, 1.807) is 7.11 Å². The van der Waals surface area contributed by atoms with Crippen LogP contribution in [0.25, 0.3) is 11.6 Å². The molecule has 4 nitrogen and oxygen atoms in total. The first kappa shape index (κ1) is 21.5. The van der Waals surface area contributed by atoms with Crippen LogP contribution < -0.4 is 14.2 Å². The van der Waals surface area contributed by atoms with Crippen LogP contribution in [0.1, 0.15) is 29.2 Å². The molecule has 0 N–H and O–H groups in total. The molecule has 1 aliphatic heterocycles. The number of hydrogen-bond acceptors (Lipinski definition) is 4. The highest BCUT2D eigenvalue weighted by Crippen LogP contribution is 2.44. The maximum absolute atomic E-state index is 6.01. The molecule has 168 valence electrons. The Balaban J connectivity index is 1.71. The van der Waals surface area contributed by atoms with Gasteiger partial charge < -0.3 is 14.2 Å². The summed E-state index contributed by atoms with van der Waals surface area (Å²) in [5.41, 5.74) is 6.95. The van der Waals surface area contributed by atoms with Crippen molar-refractivity contribution in [3.05, 3.63) is 119 Å². The second kappa shape index (κ2) is 9.67. The summed E-state index contributed by atoms with van der Waals surface area (Å²) in [7, 11) is 1.66. The molecule has 4 aromatic carbocycles. The van der Waals surface area contributed by atoms with Crippen molar-refractivity contribution in [1.29, 1.82) is 0 Å². The molecular weight excluding hydrogens is 422 g/mol. The van der Waals surface area contributed by atoms with Gasteiger partial charge in [0, 0.05) is 16.8 Å². The highest BCUT2D eigenvalue weighted by atomic mass is 16.7. The number of rotatable bonds is 6. The summed E-state index contributed by atoms with van der Waals surface area (Å²) in [5, 5.41) is 0. The van der Waals surface area contributed by atoms with Crippen molar-refractivity contribution in [1.82, 2.24) is 0 Å². The predicted molar refractivity (Wildman–Crippen MR) is 137 cm³/mol. The van der Waals surface area contributed by atoms with Gasteiger partial charge in [-0.3, -0.25) is 4.99 Å². The van der Waals surface area contributed by atoms with E-state index in [2.05, 4.69) is 36.4 Å². The van der Waals surface area contributed by atoms with E-state index >= 15 is 0 Å². The monoisotopic (exact) mass is 447 g/mol. The number of fused-ring (bicyclic) bond motifs is 1. The molecule has 0 fully saturated rings. The smallest absolute Gasteiger partial charge is 0.231 e. The van der Waals surface area contributed by atoms with Crippen LogP contribution in [0.3, 0.4) is 0 Å². The van der Waals surface area contributed by atoms with E-state index < -0.39 is 0 Å². The summed E-state index contributed by atoms with van der Waals surface area (Å²) < 4.78 is 17.0. The normalized spacial score (nSPS) is 13.1. The third-order valence-corrected chi connectivity index (χ3v) is 5.76. The number of hydrogen-bond donors (Lipinski definition) is 0. The molecular formula is C30H25NO3. The first-order valence-electron chi connectivity index (χ1n) is 11.2. The summed E-state index contributed by atoms with van der Waals surface area (Å²) in [6.45, 7) is 2.23. The molecule has 0 aliphatic carbocycles. The number of methoxy groups -OCH3 is 1. The van der Waals surface area contributed by atoms with Gasteiger partial charge >= 0.3 is 0 Å². The topological polar surface area (TPSA) is 40.0 Å². The molecule has 4 heteroatoms. The molecule has 0 saturated carbocycles. The van der Waals surface area contributed by atoms with Gasteiger partial charge in [0.25, 0.3) is 0 Å². The zero-order valence-electron chi connectivity index (χ0n) is 19.2. The Labute approximate surface area is 199 Å². The molecule has 1 heterocycles. The Morgan fingerprint density at radius 2 is 1.53 bits per heavy atom. The minimum atomic E-state index is 0.202. The lowest BCUT2D eigenvalue weighted by atomic mass is 9.89. The van der Waals surface area contributed by atoms with Crippen LogP contribution in [-0.4, -0.2) is 19.6 Å². The zero-order valence-corrected chi connectivity index (χ0v) is 19.2. The number of benzene rings is 4. The SMILES string of the molecule is COc1ccc(N=C(C)c2ccc3c(c2/C(=C\c2ccccc2)c2ccccc2)OCO3)cc1. The number of ether oxygens (including phenoxy) is 3. The molecule has 5 rings (SSSR count). The van der Waals surface area contributed by atoms with Crippen molar-refractivity contribution in [3.63, 3.8) is 0 Å². The minimum absolute atomic E-state index is 0.202. The third-order valence-electron chi connectivity index (χ3n) is 5.76. The molecule has 0 saturated heterocycles. The largest absolute Gasteiger partial charge is 0.497 e. The van der Waals surface area contributed by atoms with Gasteiger partial charge in [-0.2, -0.15) is 0 Å². The van der Waals surface area contributed by atoms with E-state index in [1.165, 1.54) is 0 Å². The van der Waals surface area contributed by atoms with Crippen molar-refractivity contribution in [2.75, 3.05) is 13.9 Å². The predicted octanol–water partition coefficient (Wildman–Crippen LogP) is 7.15. The van der Waals surface area contributed by atoms with E-state index in [0.717, 1.165) is 56.5 Å². The quantitative estimate of drug-likeness (QED) is 0.233. The standard InChI is InChI=1S/C30H25NO3/c1-21(31-24-13-15-25(32-2)16-14-24)26-17-18-28-30(34-20-33-28)29(26)27(23-11-7-4-8-12-23)19-22-9-5-3-6-10-22/h3-19H,20H2,1-2H3/b27-19-,31-21?. The van der Waals surface area contributed by atoms with Crippen molar-refractivity contribution in [2.24, 2.45) is 4.99 Å². The van der Waals surface area contributed by atoms with Crippen LogP contribution in [0, 0.1) is 0 Å². The third kappa shape index (κ3) is 4.44. The molecule has 0 unspecified atom stereocenters. The summed E-state index contributed by atoms with van der Waals surface area (Å²) in [6.07, 6.45) is 2.19. The summed E-state index contributed by atoms with van der Waals surface area (Å²) >= 11 is 0.